The van der Waals surface area contributed by atoms with E-state index >= 15 is 0 Å². The van der Waals surface area contributed by atoms with E-state index in [1.165, 1.54) is 6.26 Å². The lowest BCUT2D eigenvalue weighted by Gasteiger charge is -2.25. The first-order valence-corrected chi connectivity index (χ1v) is 15.6. The molecule has 3 aromatic carbocycles. The van der Waals surface area contributed by atoms with Crippen LogP contribution in [0.2, 0.25) is 0 Å². The van der Waals surface area contributed by atoms with Crippen LogP contribution in [0.15, 0.2) is 95.6 Å². The van der Waals surface area contributed by atoms with Gasteiger partial charge in [-0.2, -0.15) is 0 Å². The lowest BCUT2D eigenvalue weighted by atomic mass is 9.90. The van der Waals surface area contributed by atoms with Crippen molar-refractivity contribution < 1.29 is 28.6 Å². The Morgan fingerprint density at radius 3 is 2.43 bits per heavy atom. The molecule has 0 bridgehead atoms. The van der Waals surface area contributed by atoms with E-state index < -0.39 is 17.6 Å². The molecule has 46 heavy (non-hydrogen) atoms. The number of alkyl carbamates (subject to hydrolysis) is 1. The third-order valence-corrected chi connectivity index (χ3v) is 8.16. The van der Waals surface area contributed by atoms with Crippen molar-refractivity contribution in [2.75, 3.05) is 25.0 Å². The van der Waals surface area contributed by atoms with Gasteiger partial charge in [-0.25, -0.2) is 9.78 Å². The van der Waals surface area contributed by atoms with Crippen LogP contribution in [0, 0.1) is 5.92 Å². The molecule has 4 aromatic rings. The van der Waals surface area contributed by atoms with Crippen molar-refractivity contribution in [3.05, 3.63) is 119 Å². The van der Waals surface area contributed by atoms with E-state index in [0.717, 1.165) is 22.4 Å². The zero-order valence-electron chi connectivity index (χ0n) is 25.9. The van der Waals surface area contributed by atoms with Crippen LogP contribution in [0.3, 0.4) is 0 Å². The van der Waals surface area contributed by atoms with Gasteiger partial charge in [-0.05, 0) is 35.1 Å². The Balaban J connectivity index is 1.12. The number of hydrogen-bond donors (Lipinski definition) is 4. The lowest BCUT2D eigenvalue weighted by molar-refractivity contribution is -0.122. The second kappa shape index (κ2) is 15.4. The predicted octanol–water partition coefficient (Wildman–Crippen LogP) is 5.35. The first kappa shape index (κ1) is 32.4. The predicted molar refractivity (Wildman–Crippen MR) is 173 cm³/mol. The summed E-state index contributed by atoms with van der Waals surface area (Å²) in [5, 5.41) is 20.7. The van der Waals surface area contributed by atoms with Gasteiger partial charge in [0.1, 0.15) is 24.2 Å². The summed E-state index contributed by atoms with van der Waals surface area (Å²) in [5.74, 6) is -0.708. The summed E-state index contributed by atoms with van der Waals surface area (Å²) in [6.07, 6.45) is 1.97. The van der Waals surface area contributed by atoms with Crippen LogP contribution in [-0.4, -0.2) is 47.5 Å². The summed E-state index contributed by atoms with van der Waals surface area (Å²) in [5.41, 5.74) is 2.19. The minimum Gasteiger partial charge on any atom is -0.445 e. The van der Waals surface area contributed by atoms with Gasteiger partial charge in [0.2, 0.25) is 11.8 Å². The van der Waals surface area contributed by atoms with Gasteiger partial charge in [0.25, 0.3) is 0 Å². The van der Waals surface area contributed by atoms with Crippen molar-refractivity contribution in [2.45, 2.75) is 50.7 Å². The summed E-state index contributed by atoms with van der Waals surface area (Å²) in [4.78, 5) is 42.6. The maximum Gasteiger partial charge on any atom is 0.407 e. The summed E-state index contributed by atoms with van der Waals surface area (Å²) >= 11 is 0. The fourth-order valence-corrected chi connectivity index (χ4v) is 5.60. The minimum absolute atomic E-state index is 0.00754. The van der Waals surface area contributed by atoms with Crippen LogP contribution in [-0.2, 0) is 28.2 Å². The van der Waals surface area contributed by atoms with Crippen molar-refractivity contribution >= 4 is 23.5 Å². The van der Waals surface area contributed by atoms with E-state index in [9.17, 15) is 19.5 Å². The fraction of sp³-hybridized carbons (Fsp3) is 0.333. The Morgan fingerprint density at radius 2 is 1.67 bits per heavy atom. The van der Waals surface area contributed by atoms with Gasteiger partial charge < -0.3 is 30.2 Å². The number of fused-ring (bicyclic) bond motifs is 1. The van der Waals surface area contributed by atoms with Gasteiger partial charge in [0.15, 0.2) is 5.78 Å². The maximum atomic E-state index is 13.4. The number of hydrogen-bond acceptors (Lipinski definition) is 8. The molecule has 1 aliphatic heterocycles. The Hall–Kier alpha value is -4.96. The fourth-order valence-electron chi connectivity index (χ4n) is 5.60. The highest BCUT2D eigenvalue weighted by Crippen LogP contribution is 2.34. The maximum absolute atomic E-state index is 13.4. The zero-order chi connectivity index (χ0) is 32.4. The number of aromatic nitrogens is 1. The molecule has 5 rings (SSSR count). The number of carbonyl (C=O) groups excluding carboxylic acids is 3. The highest BCUT2D eigenvalue weighted by atomic mass is 16.5. The van der Waals surface area contributed by atoms with Gasteiger partial charge in [0.05, 0.1) is 5.92 Å². The molecule has 10 nitrogen and oxygen atoms in total. The number of rotatable bonds is 15. The lowest BCUT2D eigenvalue weighted by Crippen LogP contribution is -2.36. The number of carbonyl (C=O) groups is 3. The molecule has 0 radical (unpaired) electrons. The minimum atomic E-state index is -1.56. The smallest absolute Gasteiger partial charge is 0.407 e. The Labute approximate surface area is 268 Å². The van der Waals surface area contributed by atoms with E-state index in [1.54, 1.807) is 0 Å². The van der Waals surface area contributed by atoms with Gasteiger partial charge in [-0.3, -0.25) is 9.59 Å². The van der Waals surface area contributed by atoms with Crippen molar-refractivity contribution in [1.82, 2.24) is 15.6 Å². The normalized spacial score (nSPS) is 15.6. The molecule has 3 atom stereocenters. The molecule has 4 N–H and O–H groups in total. The Kier molecular flexibility index (Phi) is 10.8. The second-order valence-corrected chi connectivity index (χ2v) is 11.8. The van der Waals surface area contributed by atoms with E-state index in [-0.39, 0.29) is 61.6 Å². The molecule has 10 heteroatoms. The van der Waals surface area contributed by atoms with Crippen LogP contribution in [0.25, 0.3) is 0 Å². The first-order valence-electron chi connectivity index (χ1n) is 15.6. The van der Waals surface area contributed by atoms with E-state index in [2.05, 4.69) is 20.9 Å². The van der Waals surface area contributed by atoms with Crippen LogP contribution in [0.4, 0.5) is 10.5 Å². The number of anilines is 1. The number of ketones is 1. The molecule has 2 heterocycles. The molecule has 240 valence electrons. The molecule has 0 saturated carbocycles. The van der Waals surface area contributed by atoms with Crippen LogP contribution < -0.4 is 16.0 Å². The van der Waals surface area contributed by atoms with Gasteiger partial charge in [-0.15, -0.1) is 0 Å². The van der Waals surface area contributed by atoms with Gasteiger partial charge in [0, 0.05) is 44.6 Å². The highest BCUT2D eigenvalue weighted by Gasteiger charge is 2.37. The van der Waals surface area contributed by atoms with Crippen molar-refractivity contribution in [3.63, 3.8) is 0 Å². The van der Waals surface area contributed by atoms with Crippen LogP contribution in [0.5, 0.6) is 0 Å². The molecule has 0 aliphatic carbocycles. The third-order valence-electron chi connectivity index (χ3n) is 8.16. The average Bonchev–Trinajstić information content (AvgIpc) is 3.73. The van der Waals surface area contributed by atoms with Gasteiger partial charge in [-0.1, -0.05) is 85.8 Å². The average molecular weight is 625 g/mol. The van der Waals surface area contributed by atoms with E-state index in [4.69, 9.17) is 9.15 Å². The molecule has 0 spiro atoms. The number of nitrogens with one attached hydrogen (secondary N) is 3. The summed E-state index contributed by atoms with van der Waals surface area (Å²) in [6, 6.07) is 26.5. The summed E-state index contributed by atoms with van der Waals surface area (Å²) in [6.45, 7) is 3.15. The monoisotopic (exact) mass is 624 g/mol. The number of aliphatic hydroxyl groups is 1. The molecule has 1 aliphatic rings. The number of amides is 2. The standard InChI is InChI=1S/C36H40N4O6/c1-25(16-18-38-35(43)46-23-27-12-6-3-7-13-27)20-32(41)37-19-17-36(44,21-26-10-4-2-5-11-26)34-40-31(24-45-34)33(42)29-22-39-30-15-9-8-14-28(29)30/h2-15,24-25,29,39,44H,16-23H2,1H3,(H,37,41)(H,38,43). The SMILES string of the molecule is CC(CCNC(=O)OCc1ccccc1)CC(=O)NCCC(O)(Cc1ccccc1)c1nc(C(=O)C2CNc3ccccc32)co1. The first-order chi connectivity index (χ1) is 22.3. The van der Waals surface area contributed by atoms with Crippen LogP contribution >= 0.6 is 0 Å². The number of benzene rings is 3. The number of Topliss-reactive ketones (excluding diaryl/α,β-unsaturated/α-hetero) is 1. The van der Waals surface area contributed by atoms with Crippen molar-refractivity contribution in [2.24, 2.45) is 5.92 Å². The quantitative estimate of drug-likeness (QED) is 0.130. The number of nitrogens with zero attached hydrogens (tertiary/aromatic N) is 1. The molecule has 2 amide bonds. The van der Waals surface area contributed by atoms with Gasteiger partial charge >= 0.3 is 6.09 Å². The largest absolute Gasteiger partial charge is 0.445 e. The Bertz CT molecular complexity index is 1610. The molecule has 3 unspecified atom stereocenters. The number of para-hydroxylation sites is 1. The summed E-state index contributed by atoms with van der Waals surface area (Å²) < 4.78 is 11.0. The Morgan fingerprint density at radius 1 is 0.978 bits per heavy atom. The highest BCUT2D eigenvalue weighted by molar-refractivity contribution is 6.01. The third kappa shape index (κ3) is 8.60. The topological polar surface area (TPSA) is 143 Å². The number of ether oxygens (including phenoxy) is 1. The molecule has 0 fully saturated rings. The van der Waals surface area contributed by atoms with Crippen molar-refractivity contribution in [1.29, 1.82) is 0 Å². The second-order valence-electron chi connectivity index (χ2n) is 11.8. The van der Waals surface area contributed by atoms with E-state index in [1.807, 2.05) is 91.9 Å². The molecule has 1 aromatic heterocycles. The molecular weight excluding hydrogens is 584 g/mol. The zero-order valence-corrected chi connectivity index (χ0v) is 25.9. The summed E-state index contributed by atoms with van der Waals surface area (Å²) in [7, 11) is 0. The number of oxazole rings is 1. The van der Waals surface area contributed by atoms with E-state index in [0.29, 0.717) is 19.5 Å². The molecular formula is C36H40N4O6. The van der Waals surface area contributed by atoms with Crippen molar-refractivity contribution in [3.8, 4) is 0 Å². The van der Waals surface area contributed by atoms with Crippen LogP contribution in [0.1, 0.15) is 65.2 Å². The molecule has 0 saturated heterocycles.